The zero-order valence-electron chi connectivity index (χ0n) is 19.7. The van der Waals surface area contributed by atoms with Gasteiger partial charge in [-0.25, -0.2) is 9.82 Å². The Balaban J connectivity index is 1.39. The van der Waals surface area contributed by atoms with Gasteiger partial charge in [0.1, 0.15) is 30.0 Å². The van der Waals surface area contributed by atoms with Gasteiger partial charge in [0.05, 0.1) is 19.8 Å². The van der Waals surface area contributed by atoms with Crippen LogP contribution in [0, 0.1) is 17.1 Å². The van der Waals surface area contributed by atoms with Gasteiger partial charge in [0, 0.05) is 48.8 Å². The van der Waals surface area contributed by atoms with Gasteiger partial charge in [-0.15, -0.1) is 0 Å². The minimum atomic E-state index is -0.365. The number of aliphatic imine (C=N–C) groups is 1. The molecule has 1 aliphatic carbocycles. The maximum Gasteiger partial charge on any atom is 0.192 e. The second kappa shape index (κ2) is 9.93. The molecule has 184 valence electrons. The molecule has 4 N–H and O–H groups in total. The van der Waals surface area contributed by atoms with Crippen molar-refractivity contribution in [2.45, 2.75) is 25.0 Å². The fourth-order valence-corrected chi connectivity index (χ4v) is 4.28. The van der Waals surface area contributed by atoms with Crippen LogP contribution in [0.3, 0.4) is 0 Å². The van der Waals surface area contributed by atoms with Crippen molar-refractivity contribution < 1.29 is 18.6 Å². The predicted octanol–water partition coefficient (Wildman–Crippen LogP) is 2.84. The lowest BCUT2D eigenvalue weighted by Gasteiger charge is -2.28. The Morgan fingerprint density at radius 3 is 2.86 bits per heavy atom. The van der Waals surface area contributed by atoms with Crippen molar-refractivity contribution in [1.82, 2.24) is 21.1 Å². The first-order valence-electron chi connectivity index (χ1n) is 11.6. The molecule has 1 saturated carbocycles. The summed E-state index contributed by atoms with van der Waals surface area (Å²) >= 11 is 0. The van der Waals surface area contributed by atoms with Crippen LogP contribution in [0.1, 0.15) is 24.4 Å². The highest BCUT2D eigenvalue weighted by atomic mass is 19.1. The average molecular weight is 481 g/mol. The highest BCUT2D eigenvalue weighted by molar-refractivity contribution is 6.04. The van der Waals surface area contributed by atoms with E-state index in [2.05, 4.69) is 21.2 Å². The molecule has 35 heavy (non-hydrogen) atoms. The number of hydrogen-bond acceptors (Lipinski definition) is 8. The van der Waals surface area contributed by atoms with E-state index in [9.17, 15) is 4.39 Å². The molecule has 1 fully saturated rings. The number of benzene rings is 1. The van der Waals surface area contributed by atoms with Gasteiger partial charge in [0.2, 0.25) is 0 Å². The molecular formula is C25H29FN6O3. The Morgan fingerprint density at radius 1 is 1.23 bits per heavy atom. The zero-order chi connectivity index (χ0) is 24.4. The van der Waals surface area contributed by atoms with Gasteiger partial charge < -0.3 is 29.9 Å². The molecule has 5 rings (SSSR count). The second-order valence-corrected chi connectivity index (χ2v) is 8.61. The number of fused-ring (bicyclic) bond motifs is 1. The van der Waals surface area contributed by atoms with Crippen LogP contribution in [0.2, 0.25) is 0 Å². The predicted molar refractivity (Wildman–Crippen MR) is 130 cm³/mol. The molecule has 0 aromatic heterocycles. The highest BCUT2D eigenvalue weighted by Crippen LogP contribution is 2.38. The van der Waals surface area contributed by atoms with Crippen molar-refractivity contribution in [2.75, 3.05) is 27.4 Å². The lowest BCUT2D eigenvalue weighted by atomic mass is 9.93. The molecule has 3 aliphatic heterocycles. The quantitative estimate of drug-likeness (QED) is 0.258. The SMILES string of the molecule is COCCOc1cc(F)ccc1C1NNC=C1C1=CN2C(C(=N)N=C(OC)C3CC3)=CNC2C=C1. The monoisotopic (exact) mass is 480 g/mol. The standard InChI is InChI=1S/C25H29FN6O3/c1-33-9-10-35-21-11-17(26)6-7-18(21)23-19(12-29-31-23)16-5-8-22-28-13-20(32(22)14-16)24(27)30-25(34-2)15-3-4-15/h5-8,11-15,22-23,27-29,31H,3-4,9-10H2,1-2H3. The van der Waals surface area contributed by atoms with Crippen LogP contribution in [0.5, 0.6) is 5.75 Å². The largest absolute Gasteiger partial charge is 0.491 e. The minimum Gasteiger partial charge on any atom is -0.491 e. The number of allylic oxidation sites excluding steroid dienone is 1. The molecule has 9 nitrogen and oxygen atoms in total. The average Bonchev–Trinajstić information content (AvgIpc) is 3.43. The van der Waals surface area contributed by atoms with Crippen LogP contribution in [-0.2, 0) is 9.47 Å². The molecule has 3 heterocycles. The van der Waals surface area contributed by atoms with Gasteiger partial charge in [-0.05, 0) is 30.6 Å². The number of rotatable bonds is 8. The van der Waals surface area contributed by atoms with E-state index in [1.165, 1.54) is 12.1 Å². The summed E-state index contributed by atoms with van der Waals surface area (Å²) in [4.78, 5) is 6.43. The molecule has 1 aromatic rings. The third-order valence-corrected chi connectivity index (χ3v) is 6.24. The maximum atomic E-state index is 14.0. The van der Waals surface area contributed by atoms with Gasteiger partial charge in [0.15, 0.2) is 11.7 Å². The normalized spacial score (nSPS) is 23.1. The van der Waals surface area contributed by atoms with Gasteiger partial charge in [-0.1, -0.05) is 12.1 Å². The number of halogens is 1. The van der Waals surface area contributed by atoms with E-state index in [0.717, 1.165) is 29.6 Å². The van der Waals surface area contributed by atoms with Crippen molar-refractivity contribution in [3.63, 3.8) is 0 Å². The first-order valence-corrected chi connectivity index (χ1v) is 11.6. The molecule has 2 unspecified atom stereocenters. The van der Waals surface area contributed by atoms with E-state index in [1.54, 1.807) is 26.5 Å². The number of hydrazine groups is 1. The van der Waals surface area contributed by atoms with Crippen LogP contribution in [-0.4, -0.2) is 50.2 Å². The van der Waals surface area contributed by atoms with E-state index in [1.807, 2.05) is 29.5 Å². The first-order chi connectivity index (χ1) is 17.1. The summed E-state index contributed by atoms with van der Waals surface area (Å²) in [6.45, 7) is 0.721. The van der Waals surface area contributed by atoms with Crippen molar-refractivity contribution in [1.29, 1.82) is 5.41 Å². The summed E-state index contributed by atoms with van der Waals surface area (Å²) in [6.07, 6.45) is 11.7. The van der Waals surface area contributed by atoms with E-state index < -0.39 is 0 Å². The number of methoxy groups -OCH3 is 2. The number of hydrogen-bond donors (Lipinski definition) is 4. The Bertz CT molecular complexity index is 1150. The second-order valence-electron chi connectivity index (χ2n) is 8.61. The number of nitrogens with zero attached hydrogens (tertiary/aromatic N) is 2. The third-order valence-electron chi connectivity index (χ3n) is 6.24. The van der Waals surface area contributed by atoms with Crippen LogP contribution in [0.25, 0.3) is 0 Å². The molecule has 4 aliphatic rings. The van der Waals surface area contributed by atoms with Crippen molar-refractivity contribution in [3.05, 3.63) is 77.2 Å². The van der Waals surface area contributed by atoms with E-state index in [0.29, 0.717) is 36.5 Å². The lowest BCUT2D eigenvalue weighted by molar-refractivity contribution is 0.145. The zero-order valence-corrected chi connectivity index (χ0v) is 19.7. The number of amidine groups is 1. The molecule has 0 radical (unpaired) electrons. The molecule has 1 aromatic carbocycles. The van der Waals surface area contributed by atoms with Gasteiger partial charge in [0.25, 0.3) is 0 Å². The molecule has 0 saturated heterocycles. The Kier molecular flexibility index (Phi) is 6.56. The van der Waals surface area contributed by atoms with Gasteiger partial charge in [-0.3, -0.25) is 5.41 Å². The number of ether oxygens (including phenoxy) is 3. The Hall–Kier alpha value is -3.63. The third kappa shape index (κ3) is 4.80. The topological polar surface area (TPSA) is 103 Å². The first kappa shape index (κ1) is 23.1. The minimum absolute atomic E-state index is 0.101. The van der Waals surface area contributed by atoms with Crippen molar-refractivity contribution >= 4 is 11.7 Å². The fraction of sp³-hybridized carbons (Fsp3) is 0.360. The summed E-state index contributed by atoms with van der Waals surface area (Å²) in [5, 5.41) is 11.9. The Labute approximate surface area is 203 Å². The summed E-state index contributed by atoms with van der Waals surface area (Å²) in [5.74, 6) is 1.17. The summed E-state index contributed by atoms with van der Waals surface area (Å²) in [5.41, 5.74) is 9.68. The lowest BCUT2D eigenvalue weighted by Crippen LogP contribution is -2.35. The Morgan fingerprint density at radius 2 is 2.09 bits per heavy atom. The molecule has 0 amide bonds. The molecular weight excluding hydrogens is 451 g/mol. The van der Waals surface area contributed by atoms with E-state index in [4.69, 9.17) is 19.6 Å². The number of nitrogens with one attached hydrogen (secondary N) is 4. The maximum absolute atomic E-state index is 14.0. The van der Waals surface area contributed by atoms with Gasteiger partial charge in [-0.2, -0.15) is 4.99 Å². The molecule has 0 spiro atoms. The smallest absolute Gasteiger partial charge is 0.192 e. The van der Waals surface area contributed by atoms with E-state index in [-0.39, 0.29) is 23.9 Å². The molecule has 10 heteroatoms. The summed E-state index contributed by atoms with van der Waals surface area (Å²) < 4.78 is 30.3. The van der Waals surface area contributed by atoms with E-state index >= 15 is 0 Å². The molecule has 0 bridgehead atoms. The van der Waals surface area contributed by atoms with Crippen molar-refractivity contribution in [3.8, 4) is 5.75 Å². The summed E-state index contributed by atoms with van der Waals surface area (Å²) in [7, 11) is 3.20. The summed E-state index contributed by atoms with van der Waals surface area (Å²) in [6, 6.07) is 4.27. The van der Waals surface area contributed by atoms with Gasteiger partial charge >= 0.3 is 0 Å². The van der Waals surface area contributed by atoms with Crippen molar-refractivity contribution in [2.24, 2.45) is 10.9 Å². The van der Waals surface area contributed by atoms with Crippen LogP contribution in [0.4, 0.5) is 4.39 Å². The van der Waals surface area contributed by atoms with Crippen LogP contribution in [0.15, 0.2) is 70.8 Å². The fourth-order valence-electron chi connectivity index (χ4n) is 4.28. The van der Waals surface area contributed by atoms with Crippen LogP contribution >= 0.6 is 0 Å². The highest BCUT2D eigenvalue weighted by Gasteiger charge is 2.33. The van der Waals surface area contributed by atoms with Crippen LogP contribution < -0.4 is 20.9 Å². The molecule has 2 atom stereocenters.